The molecule has 27 heavy (non-hydrogen) atoms. The number of amides is 2. The van der Waals surface area contributed by atoms with E-state index < -0.39 is 6.04 Å². The molecule has 1 atom stereocenters. The van der Waals surface area contributed by atoms with Gasteiger partial charge in [-0.25, -0.2) is 4.39 Å². The van der Waals surface area contributed by atoms with Crippen LogP contribution in [0.2, 0.25) is 0 Å². The van der Waals surface area contributed by atoms with E-state index >= 15 is 0 Å². The van der Waals surface area contributed by atoms with Gasteiger partial charge in [0.25, 0.3) is 5.91 Å². The van der Waals surface area contributed by atoms with E-state index in [1.807, 2.05) is 36.4 Å². The van der Waals surface area contributed by atoms with Crippen molar-refractivity contribution in [1.29, 1.82) is 0 Å². The lowest BCUT2D eigenvalue weighted by molar-refractivity contribution is -0.118. The Morgan fingerprint density at radius 1 is 0.815 bits per heavy atom. The Kier molecular flexibility index (Phi) is 5.94. The zero-order valence-corrected chi connectivity index (χ0v) is 14.6. The molecule has 4 nitrogen and oxygen atoms in total. The number of anilines is 1. The molecule has 0 aromatic heterocycles. The van der Waals surface area contributed by atoms with Crippen molar-refractivity contribution in [2.45, 2.75) is 12.5 Å². The van der Waals surface area contributed by atoms with Gasteiger partial charge in [0.15, 0.2) is 0 Å². The van der Waals surface area contributed by atoms with E-state index in [4.69, 9.17) is 0 Å². The van der Waals surface area contributed by atoms with E-state index in [-0.39, 0.29) is 17.6 Å². The van der Waals surface area contributed by atoms with E-state index in [0.29, 0.717) is 17.7 Å². The van der Waals surface area contributed by atoms with Crippen molar-refractivity contribution < 1.29 is 14.0 Å². The molecule has 3 rings (SSSR count). The fraction of sp³-hybridized carbons (Fsp3) is 0.0909. The predicted molar refractivity (Wildman–Crippen MR) is 103 cm³/mol. The zero-order chi connectivity index (χ0) is 19.1. The maximum Gasteiger partial charge on any atom is 0.251 e. The second kappa shape index (κ2) is 8.76. The SMILES string of the molecule is O=C(N[C@@H](Cc1ccccc1)C(=O)Nc1ccc(F)cc1)c1ccccc1. The zero-order valence-electron chi connectivity index (χ0n) is 14.6. The van der Waals surface area contributed by atoms with Gasteiger partial charge in [0.2, 0.25) is 5.91 Å². The van der Waals surface area contributed by atoms with Gasteiger partial charge in [-0.15, -0.1) is 0 Å². The van der Waals surface area contributed by atoms with Gasteiger partial charge in [-0.05, 0) is 42.0 Å². The lowest BCUT2D eigenvalue weighted by Gasteiger charge is -2.19. The van der Waals surface area contributed by atoms with Gasteiger partial charge in [-0.1, -0.05) is 48.5 Å². The highest BCUT2D eigenvalue weighted by Crippen LogP contribution is 2.11. The summed E-state index contributed by atoms with van der Waals surface area (Å²) in [7, 11) is 0. The molecule has 136 valence electrons. The predicted octanol–water partition coefficient (Wildman–Crippen LogP) is 3.81. The average Bonchev–Trinajstić information content (AvgIpc) is 2.70. The van der Waals surface area contributed by atoms with E-state index in [1.165, 1.54) is 24.3 Å². The summed E-state index contributed by atoms with van der Waals surface area (Å²) < 4.78 is 13.1. The number of carbonyl (C=O) groups is 2. The van der Waals surface area contributed by atoms with Crippen LogP contribution in [0.3, 0.4) is 0 Å². The molecular formula is C22H19FN2O2. The molecule has 0 heterocycles. The van der Waals surface area contributed by atoms with Crippen LogP contribution in [-0.2, 0) is 11.2 Å². The maximum absolute atomic E-state index is 13.1. The fourth-order valence-electron chi connectivity index (χ4n) is 2.65. The third-order valence-corrected chi connectivity index (χ3v) is 4.05. The van der Waals surface area contributed by atoms with Gasteiger partial charge >= 0.3 is 0 Å². The van der Waals surface area contributed by atoms with Crippen LogP contribution in [0, 0.1) is 5.82 Å². The van der Waals surface area contributed by atoms with Crippen LogP contribution in [0.25, 0.3) is 0 Å². The van der Waals surface area contributed by atoms with Crippen molar-refractivity contribution in [2.75, 3.05) is 5.32 Å². The summed E-state index contributed by atoms with van der Waals surface area (Å²) in [5.41, 5.74) is 1.86. The first-order valence-electron chi connectivity index (χ1n) is 8.58. The molecule has 0 aliphatic rings. The van der Waals surface area contributed by atoms with Crippen LogP contribution in [0.5, 0.6) is 0 Å². The number of benzene rings is 3. The first-order chi connectivity index (χ1) is 13.1. The van der Waals surface area contributed by atoms with E-state index in [2.05, 4.69) is 10.6 Å². The molecular weight excluding hydrogens is 343 g/mol. The summed E-state index contributed by atoms with van der Waals surface area (Å²) in [6, 6.07) is 22.9. The number of halogens is 1. The molecule has 5 heteroatoms. The number of nitrogens with one attached hydrogen (secondary N) is 2. The van der Waals surface area contributed by atoms with Crippen LogP contribution in [0.15, 0.2) is 84.9 Å². The summed E-state index contributed by atoms with van der Waals surface area (Å²) in [6.07, 6.45) is 0.340. The molecule has 0 saturated carbocycles. The smallest absolute Gasteiger partial charge is 0.251 e. The lowest BCUT2D eigenvalue weighted by Crippen LogP contribution is -2.45. The number of carbonyl (C=O) groups excluding carboxylic acids is 2. The monoisotopic (exact) mass is 362 g/mol. The molecule has 0 aliphatic carbocycles. The fourth-order valence-corrected chi connectivity index (χ4v) is 2.65. The Labute approximate surface area is 157 Å². The lowest BCUT2D eigenvalue weighted by atomic mass is 10.0. The molecule has 2 amide bonds. The summed E-state index contributed by atoms with van der Waals surface area (Å²) in [4.78, 5) is 25.3. The Morgan fingerprint density at radius 3 is 2.04 bits per heavy atom. The normalized spacial score (nSPS) is 11.4. The topological polar surface area (TPSA) is 58.2 Å². The number of rotatable bonds is 6. The highest BCUT2D eigenvalue weighted by Gasteiger charge is 2.22. The van der Waals surface area contributed by atoms with Crippen molar-refractivity contribution in [2.24, 2.45) is 0 Å². The Morgan fingerprint density at radius 2 is 1.41 bits per heavy atom. The van der Waals surface area contributed by atoms with Crippen molar-refractivity contribution >= 4 is 17.5 Å². The molecule has 0 fully saturated rings. The van der Waals surface area contributed by atoms with Crippen molar-refractivity contribution in [1.82, 2.24) is 5.32 Å². The third kappa shape index (κ3) is 5.25. The third-order valence-electron chi connectivity index (χ3n) is 4.05. The summed E-state index contributed by atoms with van der Waals surface area (Å²) in [5, 5.41) is 5.51. The highest BCUT2D eigenvalue weighted by atomic mass is 19.1. The van der Waals surface area contributed by atoms with Gasteiger partial charge in [0, 0.05) is 17.7 Å². The molecule has 3 aromatic rings. The molecule has 0 spiro atoms. The minimum Gasteiger partial charge on any atom is -0.340 e. The van der Waals surface area contributed by atoms with Crippen molar-refractivity contribution in [3.8, 4) is 0 Å². The minimum atomic E-state index is -0.773. The Bertz CT molecular complexity index is 897. The second-order valence-corrected chi connectivity index (χ2v) is 6.08. The van der Waals surface area contributed by atoms with E-state index in [0.717, 1.165) is 5.56 Å². The van der Waals surface area contributed by atoms with Gasteiger partial charge in [0.05, 0.1) is 0 Å². The molecule has 3 aromatic carbocycles. The van der Waals surface area contributed by atoms with Gasteiger partial charge in [-0.2, -0.15) is 0 Å². The first-order valence-corrected chi connectivity index (χ1v) is 8.58. The molecule has 0 aliphatic heterocycles. The quantitative estimate of drug-likeness (QED) is 0.701. The Balaban J connectivity index is 1.77. The first kappa shape index (κ1) is 18.3. The molecule has 2 N–H and O–H groups in total. The van der Waals surface area contributed by atoms with E-state index in [1.54, 1.807) is 24.3 Å². The molecule has 0 bridgehead atoms. The van der Waals surface area contributed by atoms with Crippen LogP contribution in [0.1, 0.15) is 15.9 Å². The van der Waals surface area contributed by atoms with Crippen molar-refractivity contribution in [3.63, 3.8) is 0 Å². The summed E-state index contributed by atoms with van der Waals surface area (Å²) in [5.74, 6) is -1.08. The molecule has 0 saturated heterocycles. The second-order valence-electron chi connectivity index (χ2n) is 6.08. The standard InChI is InChI=1S/C22H19FN2O2/c23-18-11-13-19(14-12-18)24-22(27)20(15-16-7-3-1-4-8-16)25-21(26)17-9-5-2-6-10-17/h1-14,20H,15H2,(H,24,27)(H,25,26)/t20-/m0/s1. The van der Waals surface area contributed by atoms with Crippen molar-refractivity contribution in [3.05, 3.63) is 102 Å². The summed E-state index contributed by atoms with van der Waals surface area (Å²) >= 11 is 0. The maximum atomic E-state index is 13.1. The van der Waals surface area contributed by atoms with Crippen LogP contribution in [0.4, 0.5) is 10.1 Å². The summed E-state index contributed by atoms with van der Waals surface area (Å²) in [6.45, 7) is 0. The molecule has 0 unspecified atom stereocenters. The van der Waals surface area contributed by atoms with Crippen LogP contribution < -0.4 is 10.6 Å². The Hall–Kier alpha value is -3.47. The average molecular weight is 362 g/mol. The van der Waals surface area contributed by atoms with Crippen LogP contribution in [-0.4, -0.2) is 17.9 Å². The van der Waals surface area contributed by atoms with Gasteiger partial charge in [0.1, 0.15) is 11.9 Å². The van der Waals surface area contributed by atoms with Gasteiger partial charge < -0.3 is 10.6 Å². The van der Waals surface area contributed by atoms with Crippen LogP contribution >= 0.6 is 0 Å². The molecule has 0 radical (unpaired) electrons. The highest BCUT2D eigenvalue weighted by molar-refractivity contribution is 6.01. The largest absolute Gasteiger partial charge is 0.340 e. The van der Waals surface area contributed by atoms with E-state index in [9.17, 15) is 14.0 Å². The minimum absolute atomic E-state index is 0.328. The number of hydrogen-bond acceptors (Lipinski definition) is 2. The van der Waals surface area contributed by atoms with Gasteiger partial charge in [-0.3, -0.25) is 9.59 Å². The number of hydrogen-bond donors (Lipinski definition) is 2.